The van der Waals surface area contributed by atoms with Crippen LogP contribution >= 0.6 is 0 Å². The average molecular weight is 318 g/mol. The van der Waals surface area contributed by atoms with Crippen LogP contribution in [0.25, 0.3) is 0 Å². The van der Waals surface area contributed by atoms with Crippen molar-refractivity contribution >= 4 is 5.91 Å². The van der Waals surface area contributed by atoms with Gasteiger partial charge in [-0.2, -0.15) is 0 Å². The summed E-state index contributed by atoms with van der Waals surface area (Å²) >= 11 is 0. The highest BCUT2D eigenvalue weighted by atomic mass is 16.5. The molecule has 2 rings (SSSR count). The van der Waals surface area contributed by atoms with E-state index in [0.29, 0.717) is 12.5 Å². The molecule has 0 bridgehead atoms. The van der Waals surface area contributed by atoms with Crippen LogP contribution in [0.3, 0.4) is 0 Å². The largest absolute Gasteiger partial charge is 0.497 e. The molecule has 1 aromatic heterocycles. The van der Waals surface area contributed by atoms with Gasteiger partial charge in [0.1, 0.15) is 17.6 Å². The summed E-state index contributed by atoms with van der Waals surface area (Å²) in [5, 5.41) is 2.75. The average Bonchev–Trinajstić information content (AvgIpc) is 2.88. The highest BCUT2D eigenvalue weighted by molar-refractivity contribution is 5.80. The number of ether oxygens (including phenoxy) is 2. The Labute approximate surface area is 135 Å². The van der Waals surface area contributed by atoms with Crippen molar-refractivity contribution in [2.24, 2.45) is 0 Å². The van der Waals surface area contributed by atoms with Crippen molar-refractivity contribution in [3.8, 4) is 5.75 Å². The van der Waals surface area contributed by atoms with Crippen LogP contribution in [0.2, 0.25) is 0 Å². The Bertz CT molecular complexity index is 647. The van der Waals surface area contributed by atoms with E-state index in [4.69, 9.17) is 13.9 Å². The molecule has 1 N–H and O–H groups in total. The lowest BCUT2D eigenvalue weighted by atomic mass is 10.2. The van der Waals surface area contributed by atoms with Gasteiger partial charge in [-0.1, -0.05) is 12.1 Å². The second-order valence-corrected chi connectivity index (χ2v) is 5.27. The van der Waals surface area contributed by atoms with Crippen LogP contribution in [0, 0.1) is 13.8 Å². The number of carbonyl (C=O) groups is 1. The number of nitrogens with zero attached hydrogens (tertiary/aromatic N) is 1. The van der Waals surface area contributed by atoms with Crippen LogP contribution in [-0.4, -0.2) is 24.1 Å². The van der Waals surface area contributed by atoms with E-state index in [1.54, 1.807) is 14.0 Å². The second-order valence-electron chi connectivity index (χ2n) is 5.27. The Morgan fingerprint density at radius 3 is 2.83 bits per heavy atom. The van der Waals surface area contributed by atoms with Gasteiger partial charge in [-0.3, -0.25) is 4.79 Å². The normalized spacial score (nSPS) is 12.0. The zero-order valence-corrected chi connectivity index (χ0v) is 13.9. The lowest BCUT2D eigenvalue weighted by molar-refractivity contribution is -0.132. The first kappa shape index (κ1) is 17.0. The van der Waals surface area contributed by atoms with Gasteiger partial charge < -0.3 is 19.2 Å². The number of carbonyl (C=O) groups excluding carboxylic acids is 1. The molecule has 0 radical (unpaired) electrons. The zero-order valence-electron chi connectivity index (χ0n) is 13.9. The van der Waals surface area contributed by atoms with Crippen LogP contribution in [0.4, 0.5) is 0 Å². The van der Waals surface area contributed by atoms with Gasteiger partial charge in [-0.15, -0.1) is 0 Å². The summed E-state index contributed by atoms with van der Waals surface area (Å²) in [6.07, 6.45) is -0.571. The third-order valence-corrected chi connectivity index (χ3v) is 3.49. The number of aryl methyl sites for hydroxylation is 2. The SMILES string of the molecule is COc1cccc(COC(C)C(=O)NCc2nc(C)c(C)o2)c1. The van der Waals surface area contributed by atoms with E-state index < -0.39 is 6.10 Å². The summed E-state index contributed by atoms with van der Waals surface area (Å²) in [5.74, 6) is 1.81. The van der Waals surface area contributed by atoms with Crippen molar-refractivity contribution < 1.29 is 18.7 Å². The Balaban J connectivity index is 1.80. The summed E-state index contributed by atoms with van der Waals surface area (Å²) in [4.78, 5) is 16.2. The summed E-state index contributed by atoms with van der Waals surface area (Å²) in [7, 11) is 1.61. The molecule has 1 aromatic carbocycles. The van der Waals surface area contributed by atoms with E-state index >= 15 is 0 Å². The number of aromatic nitrogens is 1. The molecule has 0 aliphatic carbocycles. The van der Waals surface area contributed by atoms with Crippen molar-refractivity contribution in [2.45, 2.75) is 40.0 Å². The quantitative estimate of drug-likeness (QED) is 0.849. The molecule has 0 aliphatic heterocycles. The second kappa shape index (κ2) is 7.78. The molecule has 1 atom stereocenters. The van der Waals surface area contributed by atoms with Crippen molar-refractivity contribution in [2.75, 3.05) is 7.11 Å². The molecule has 0 aliphatic rings. The molecular weight excluding hydrogens is 296 g/mol. The first-order valence-corrected chi connectivity index (χ1v) is 7.44. The minimum Gasteiger partial charge on any atom is -0.497 e. The molecule has 124 valence electrons. The zero-order chi connectivity index (χ0) is 16.8. The lowest BCUT2D eigenvalue weighted by Gasteiger charge is -2.13. The number of hydrogen-bond donors (Lipinski definition) is 1. The molecule has 6 nitrogen and oxygen atoms in total. The van der Waals surface area contributed by atoms with Gasteiger partial charge in [0.15, 0.2) is 0 Å². The standard InChI is InChI=1S/C17H22N2O4/c1-11-12(2)23-16(19-11)9-18-17(20)13(3)22-10-14-6-5-7-15(8-14)21-4/h5-8,13H,9-10H2,1-4H3,(H,18,20). The Morgan fingerprint density at radius 1 is 1.39 bits per heavy atom. The molecule has 23 heavy (non-hydrogen) atoms. The lowest BCUT2D eigenvalue weighted by Crippen LogP contribution is -2.34. The molecule has 6 heteroatoms. The van der Waals surface area contributed by atoms with Gasteiger partial charge in [0.05, 0.1) is 26.0 Å². The number of nitrogens with one attached hydrogen (secondary N) is 1. The molecule has 1 unspecified atom stereocenters. The Hall–Kier alpha value is -2.34. The van der Waals surface area contributed by atoms with Crippen molar-refractivity contribution in [3.63, 3.8) is 0 Å². The number of benzene rings is 1. The highest BCUT2D eigenvalue weighted by Gasteiger charge is 2.15. The number of methoxy groups -OCH3 is 1. The predicted octanol–water partition coefficient (Wildman–Crippen LogP) is 2.52. The van der Waals surface area contributed by atoms with E-state index in [2.05, 4.69) is 10.3 Å². The fourth-order valence-electron chi connectivity index (χ4n) is 1.98. The number of amides is 1. The van der Waals surface area contributed by atoms with Crippen molar-refractivity contribution in [1.82, 2.24) is 10.3 Å². The van der Waals surface area contributed by atoms with Crippen LogP contribution < -0.4 is 10.1 Å². The molecule has 0 saturated carbocycles. The first-order chi connectivity index (χ1) is 11.0. The molecule has 1 heterocycles. The minimum atomic E-state index is -0.571. The van der Waals surface area contributed by atoms with Gasteiger partial charge in [0.2, 0.25) is 11.8 Å². The van der Waals surface area contributed by atoms with E-state index in [1.165, 1.54) is 0 Å². The Morgan fingerprint density at radius 2 is 2.17 bits per heavy atom. The van der Waals surface area contributed by atoms with Crippen molar-refractivity contribution in [3.05, 3.63) is 47.2 Å². The maximum Gasteiger partial charge on any atom is 0.249 e. The maximum absolute atomic E-state index is 12.0. The van der Waals surface area contributed by atoms with Gasteiger partial charge in [-0.25, -0.2) is 4.98 Å². The van der Waals surface area contributed by atoms with Crippen molar-refractivity contribution in [1.29, 1.82) is 0 Å². The van der Waals surface area contributed by atoms with E-state index in [1.807, 2.05) is 38.1 Å². The Kier molecular flexibility index (Phi) is 5.76. The highest BCUT2D eigenvalue weighted by Crippen LogP contribution is 2.14. The third-order valence-electron chi connectivity index (χ3n) is 3.49. The molecule has 0 fully saturated rings. The number of hydrogen-bond acceptors (Lipinski definition) is 5. The van der Waals surface area contributed by atoms with E-state index in [0.717, 1.165) is 22.8 Å². The third kappa shape index (κ3) is 4.82. The number of rotatable bonds is 7. The summed E-state index contributed by atoms with van der Waals surface area (Å²) in [6, 6.07) is 7.55. The topological polar surface area (TPSA) is 73.6 Å². The summed E-state index contributed by atoms with van der Waals surface area (Å²) in [6.45, 7) is 6.00. The fraction of sp³-hybridized carbons (Fsp3) is 0.412. The van der Waals surface area contributed by atoms with Crippen LogP contribution in [0.15, 0.2) is 28.7 Å². The molecular formula is C17H22N2O4. The van der Waals surface area contributed by atoms with Gasteiger partial charge in [-0.05, 0) is 38.5 Å². The van der Waals surface area contributed by atoms with E-state index in [-0.39, 0.29) is 12.5 Å². The van der Waals surface area contributed by atoms with E-state index in [9.17, 15) is 4.79 Å². The summed E-state index contributed by atoms with van der Waals surface area (Å²) in [5.41, 5.74) is 1.78. The summed E-state index contributed by atoms with van der Waals surface area (Å²) < 4.78 is 16.2. The van der Waals surface area contributed by atoms with Gasteiger partial charge >= 0.3 is 0 Å². The van der Waals surface area contributed by atoms with Crippen LogP contribution in [0.1, 0.15) is 29.8 Å². The van der Waals surface area contributed by atoms with Gasteiger partial charge in [0.25, 0.3) is 0 Å². The minimum absolute atomic E-state index is 0.207. The molecule has 0 spiro atoms. The molecule has 0 saturated heterocycles. The smallest absolute Gasteiger partial charge is 0.249 e. The maximum atomic E-state index is 12.0. The first-order valence-electron chi connectivity index (χ1n) is 7.44. The monoisotopic (exact) mass is 318 g/mol. The number of oxazole rings is 1. The van der Waals surface area contributed by atoms with Crippen LogP contribution in [0.5, 0.6) is 5.75 Å². The molecule has 1 amide bonds. The fourth-order valence-corrected chi connectivity index (χ4v) is 1.98. The predicted molar refractivity (Wildman–Crippen MR) is 85.1 cm³/mol. The van der Waals surface area contributed by atoms with Gasteiger partial charge in [0, 0.05) is 0 Å². The van der Waals surface area contributed by atoms with Crippen LogP contribution in [-0.2, 0) is 22.7 Å². The molecule has 2 aromatic rings.